The molecule has 3 N–H and O–H groups in total. The highest BCUT2D eigenvalue weighted by molar-refractivity contribution is 6.21. The highest BCUT2D eigenvalue weighted by Crippen LogP contribution is 2.25. The molecule has 148 valence electrons. The summed E-state index contributed by atoms with van der Waals surface area (Å²) in [6.45, 7) is 3.39. The molecule has 0 saturated heterocycles. The normalized spacial score (nSPS) is 21.7. The molecule has 4 aliphatic rings. The first-order valence-electron chi connectivity index (χ1n) is 9.72. The first-order chi connectivity index (χ1) is 14.4. The third-order valence-electron chi connectivity index (χ3n) is 5.10. The third-order valence-corrected chi connectivity index (χ3v) is 5.10. The number of rotatable bonds is 1. The number of allylic oxidation sites excluding steroid dienone is 9. The molecule has 1 aromatic rings. The fraction of sp³-hybridized carbons (Fsp3) is 0.125. The Bertz CT molecular complexity index is 1360. The second-order valence-electron chi connectivity index (χ2n) is 7.50. The van der Waals surface area contributed by atoms with E-state index in [1.54, 1.807) is 13.8 Å². The number of fused-ring (bicyclic) bond motifs is 5. The molecular weight excluding hydrogens is 376 g/mol. The largest absolute Gasteiger partial charge is 0.512 e. The number of aliphatic hydroxyl groups is 2. The lowest BCUT2D eigenvalue weighted by molar-refractivity contribution is 0.198. The van der Waals surface area contributed by atoms with Crippen LogP contribution in [-0.4, -0.2) is 32.3 Å². The molecule has 0 radical (unpaired) electrons. The van der Waals surface area contributed by atoms with Gasteiger partial charge in [-0.3, -0.25) is 0 Å². The number of aromatic amines is 1. The zero-order valence-electron chi connectivity index (χ0n) is 16.6. The summed E-state index contributed by atoms with van der Waals surface area (Å²) in [6, 6.07) is 1.93. The van der Waals surface area contributed by atoms with E-state index in [0.29, 0.717) is 17.0 Å². The van der Waals surface area contributed by atoms with Crippen LogP contribution in [0.15, 0.2) is 92.0 Å². The van der Waals surface area contributed by atoms with Crippen LogP contribution < -0.4 is 10.7 Å². The minimum Gasteiger partial charge on any atom is -0.512 e. The lowest BCUT2D eigenvalue weighted by atomic mass is 10.1. The summed E-state index contributed by atoms with van der Waals surface area (Å²) in [5, 5.41) is 22.0. The SMILES string of the molecule is C/C(O)=C1\C=C2C=C3C=CC(=N3)C=c3[nH]c(cc3C(C)O)=CC3=NC(=CC1=N2)C=C3. The number of aromatic nitrogens is 1. The van der Waals surface area contributed by atoms with Crippen molar-refractivity contribution in [1.82, 2.24) is 4.98 Å². The van der Waals surface area contributed by atoms with Gasteiger partial charge in [0.2, 0.25) is 0 Å². The number of hydrogen-bond donors (Lipinski definition) is 3. The molecule has 1 atom stereocenters. The molecule has 5 rings (SSSR count). The molecule has 0 spiro atoms. The van der Waals surface area contributed by atoms with Crippen LogP contribution in [0.5, 0.6) is 0 Å². The Morgan fingerprint density at radius 3 is 2.27 bits per heavy atom. The second kappa shape index (κ2) is 6.93. The summed E-state index contributed by atoms with van der Waals surface area (Å²) in [4.78, 5) is 17.3. The molecule has 0 amide bonds. The molecule has 0 aromatic carbocycles. The topological polar surface area (TPSA) is 93.3 Å². The average molecular weight is 396 g/mol. The van der Waals surface area contributed by atoms with E-state index in [9.17, 15) is 10.2 Å². The molecule has 4 aliphatic heterocycles. The fourth-order valence-electron chi connectivity index (χ4n) is 3.69. The maximum Gasteiger partial charge on any atom is 0.0986 e. The van der Waals surface area contributed by atoms with E-state index in [-0.39, 0.29) is 5.76 Å². The van der Waals surface area contributed by atoms with Gasteiger partial charge in [-0.25, -0.2) is 15.0 Å². The van der Waals surface area contributed by atoms with Crippen LogP contribution in [0.3, 0.4) is 0 Å². The molecule has 0 saturated carbocycles. The Morgan fingerprint density at radius 2 is 1.57 bits per heavy atom. The Balaban J connectivity index is 1.74. The van der Waals surface area contributed by atoms with Crippen molar-refractivity contribution in [2.45, 2.75) is 20.0 Å². The molecule has 1 unspecified atom stereocenters. The van der Waals surface area contributed by atoms with Crippen LogP contribution in [0.2, 0.25) is 0 Å². The van der Waals surface area contributed by atoms with Gasteiger partial charge >= 0.3 is 0 Å². The van der Waals surface area contributed by atoms with E-state index in [1.165, 1.54) is 0 Å². The average Bonchev–Trinajstić information content (AvgIpc) is 3.44. The van der Waals surface area contributed by atoms with Crippen molar-refractivity contribution in [3.05, 3.63) is 93.3 Å². The Kier molecular flexibility index (Phi) is 4.22. The highest BCUT2D eigenvalue weighted by atomic mass is 16.3. The highest BCUT2D eigenvalue weighted by Gasteiger charge is 2.17. The maximum absolute atomic E-state index is 10.2. The lowest BCUT2D eigenvalue weighted by Gasteiger charge is -1.99. The molecule has 0 fully saturated rings. The van der Waals surface area contributed by atoms with Crippen LogP contribution in [-0.2, 0) is 0 Å². The van der Waals surface area contributed by atoms with Crippen molar-refractivity contribution in [3.8, 4) is 0 Å². The standard InChI is InChI=1S/C24H20N4O2/c1-13(29)21-9-19-7-15-4-6-18(26-15)12-24-22(14(2)30)10-20(28-24)8-16-3-5-17(25-16)11-23(21)27-19/h3-13,27,29-30H,1-2H3/b16-8?,18-12?,19-7?,22-14-,23-11?. The predicted octanol–water partition coefficient (Wildman–Crippen LogP) is 2.60. The van der Waals surface area contributed by atoms with Gasteiger partial charge in [-0.05, 0) is 74.6 Å². The summed E-state index contributed by atoms with van der Waals surface area (Å²) in [5.74, 6) is 0.207. The number of aliphatic imine (C=N–C) groups is 3. The van der Waals surface area contributed by atoms with Crippen LogP contribution >= 0.6 is 0 Å². The minimum absolute atomic E-state index is 0.207. The first-order valence-corrected chi connectivity index (χ1v) is 9.72. The fourth-order valence-corrected chi connectivity index (χ4v) is 3.69. The summed E-state index contributed by atoms with van der Waals surface area (Å²) in [6.07, 6.45) is 16.5. The minimum atomic E-state index is -0.614. The van der Waals surface area contributed by atoms with E-state index in [1.807, 2.05) is 60.8 Å². The van der Waals surface area contributed by atoms with E-state index in [4.69, 9.17) is 0 Å². The first kappa shape index (κ1) is 18.3. The number of nitrogens with zero attached hydrogens (tertiary/aromatic N) is 3. The van der Waals surface area contributed by atoms with Gasteiger partial charge in [0.15, 0.2) is 0 Å². The van der Waals surface area contributed by atoms with Gasteiger partial charge in [-0.1, -0.05) is 0 Å². The summed E-state index contributed by atoms with van der Waals surface area (Å²) >= 11 is 0. The molecular formula is C24H20N4O2. The maximum atomic E-state index is 10.2. The number of nitrogens with one attached hydrogen (secondary N) is 1. The van der Waals surface area contributed by atoms with Crippen molar-refractivity contribution in [2.75, 3.05) is 0 Å². The van der Waals surface area contributed by atoms with Crippen molar-refractivity contribution in [2.24, 2.45) is 15.0 Å². The van der Waals surface area contributed by atoms with Gasteiger partial charge in [0, 0.05) is 21.8 Å². The number of hydrogen-bond acceptors (Lipinski definition) is 5. The van der Waals surface area contributed by atoms with Crippen molar-refractivity contribution in [3.63, 3.8) is 0 Å². The second-order valence-corrected chi connectivity index (χ2v) is 7.50. The molecule has 0 aliphatic carbocycles. The van der Waals surface area contributed by atoms with Gasteiger partial charge < -0.3 is 15.2 Å². The van der Waals surface area contributed by atoms with Gasteiger partial charge in [0.25, 0.3) is 0 Å². The Hall–Kier alpha value is -3.77. The lowest BCUT2D eigenvalue weighted by Crippen LogP contribution is -2.15. The molecule has 6 nitrogen and oxygen atoms in total. The predicted molar refractivity (Wildman–Crippen MR) is 120 cm³/mol. The number of aliphatic hydroxyl groups excluding tert-OH is 2. The van der Waals surface area contributed by atoms with Gasteiger partial charge in [-0.15, -0.1) is 0 Å². The smallest absolute Gasteiger partial charge is 0.0986 e. The Labute approximate surface area is 173 Å². The quantitative estimate of drug-likeness (QED) is 0.637. The van der Waals surface area contributed by atoms with Crippen molar-refractivity contribution in [1.29, 1.82) is 0 Å². The van der Waals surface area contributed by atoms with Gasteiger partial charge in [-0.2, -0.15) is 0 Å². The van der Waals surface area contributed by atoms with Crippen LogP contribution in [0.1, 0.15) is 25.5 Å². The van der Waals surface area contributed by atoms with Gasteiger partial charge in [0.1, 0.15) is 0 Å². The van der Waals surface area contributed by atoms with E-state index in [0.717, 1.165) is 39.1 Å². The van der Waals surface area contributed by atoms with E-state index >= 15 is 0 Å². The van der Waals surface area contributed by atoms with Gasteiger partial charge in [0.05, 0.1) is 46.1 Å². The Morgan fingerprint density at radius 1 is 0.867 bits per heavy atom. The van der Waals surface area contributed by atoms with Crippen LogP contribution in [0.4, 0.5) is 0 Å². The van der Waals surface area contributed by atoms with Crippen molar-refractivity contribution >= 4 is 29.3 Å². The summed E-state index contributed by atoms with van der Waals surface area (Å²) < 4.78 is 0. The molecule has 30 heavy (non-hydrogen) atoms. The summed E-state index contributed by atoms with van der Waals surface area (Å²) in [7, 11) is 0. The molecule has 8 bridgehead atoms. The zero-order chi connectivity index (χ0) is 20.8. The van der Waals surface area contributed by atoms with Crippen LogP contribution in [0, 0.1) is 0 Å². The summed E-state index contributed by atoms with van der Waals surface area (Å²) in [5.41, 5.74) is 5.94. The monoisotopic (exact) mass is 396 g/mol. The molecule has 6 heteroatoms. The van der Waals surface area contributed by atoms with Crippen molar-refractivity contribution < 1.29 is 10.2 Å². The zero-order valence-corrected chi connectivity index (χ0v) is 16.6. The van der Waals surface area contributed by atoms with E-state index in [2.05, 4.69) is 20.0 Å². The molecule has 5 heterocycles. The molecule has 1 aromatic heterocycles. The van der Waals surface area contributed by atoms with E-state index < -0.39 is 6.10 Å². The number of H-pyrrole nitrogens is 1. The van der Waals surface area contributed by atoms with Crippen LogP contribution in [0.25, 0.3) is 12.2 Å². The third kappa shape index (κ3) is 3.38.